The Bertz CT molecular complexity index is 348. The molecule has 1 rings (SSSR count). The Labute approximate surface area is 80.0 Å². The summed E-state index contributed by atoms with van der Waals surface area (Å²) in [4.78, 5) is 0. The third-order valence-corrected chi connectivity index (χ3v) is 2.17. The van der Waals surface area contributed by atoms with Gasteiger partial charge in [0.1, 0.15) is 13.8 Å². The molecular weight excluding hydrogens is 158 g/mol. The molecule has 68 valence electrons. The minimum absolute atomic E-state index is 1.16. The first kappa shape index (κ1) is 9.72. The number of hydrogen-bond donors (Lipinski definition) is 0. The van der Waals surface area contributed by atoms with E-state index in [0.717, 1.165) is 5.69 Å². The average molecular weight is 174 g/mol. The summed E-state index contributed by atoms with van der Waals surface area (Å²) in [6, 6.07) is 8.28. The standard InChI is InChI=1S/C12H16N/c1-5-10(2)11-8-6-7-9-12(11)13(3)4/h5-9H,3H2,1-2,4H3/q+1. The molecule has 1 aromatic carbocycles. The smallest absolute Gasteiger partial charge is 0.208 e. The summed E-state index contributed by atoms with van der Waals surface area (Å²) in [7, 11) is 1.96. The third kappa shape index (κ3) is 2.05. The number of hydrogen-bond acceptors (Lipinski definition) is 0. The first-order chi connectivity index (χ1) is 6.16. The van der Waals surface area contributed by atoms with Gasteiger partial charge in [0.2, 0.25) is 5.69 Å². The van der Waals surface area contributed by atoms with Crippen LogP contribution in [0.15, 0.2) is 30.3 Å². The van der Waals surface area contributed by atoms with Crippen molar-refractivity contribution in [3.05, 3.63) is 35.9 Å². The van der Waals surface area contributed by atoms with Gasteiger partial charge in [-0.05, 0) is 25.5 Å². The van der Waals surface area contributed by atoms with Crippen LogP contribution in [-0.2, 0) is 0 Å². The van der Waals surface area contributed by atoms with E-state index in [1.165, 1.54) is 11.1 Å². The first-order valence-corrected chi connectivity index (χ1v) is 4.43. The van der Waals surface area contributed by atoms with E-state index in [0.29, 0.717) is 0 Å². The molecule has 0 bridgehead atoms. The molecule has 0 aromatic heterocycles. The average Bonchev–Trinajstić information content (AvgIpc) is 2.16. The van der Waals surface area contributed by atoms with Crippen LogP contribution in [0.1, 0.15) is 19.4 Å². The van der Waals surface area contributed by atoms with Crippen LogP contribution >= 0.6 is 0 Å². The van der Waals surface area contributed by atoms with Crippen LogP contribution in [0.25, 0.3) is 5.57 Å². The fourth-order valence-electron chi connectivity index (χ4n) is 1.30. The highest BCUT2D eigenvalue weighted by molar-refractivity contribution is 5.71. The highest BCUT2D eigenvalue weighted by Crippen LogP contribution is 2.24. The quantitative estimate of drug-likeness (QED) is 0.479. The Morgan fingerprint density at radius 3 is 2.54 bits per heavy atom. The van der Waals surface area contributed by atoms with Gasteiger partial charge >= 0.3 is 0 Å². The monoisotopic (exact) mass is 174 g/mol. The Morgan fingerprint density at radius 2 is 2.00 bits per heavy atom. The van der Waals surface area contributed by atoms with Crippen LogP contribution in [0.4, 0.5) is 5.69 Å². The molecule has 0 aliphatic carbocycles. The number of nitrogens with zero attached hydrogens (tertiary/aromatic N) is 1. The topological polar surface area (TPSA) is 3.01 Å². The largest absolute Gasteiger partial charge is 0.211 e. The van der Waals surface area contributed by atoms with Crippen molar-refractivity contribution < 1.29 is 4.58 Å². The Kier molecular flexibility index (Phi) is 3.02. The van der Waals surface area contributed by atoms with E-state index in [1.54, 1.807) is 0 Å². The third-order valence-electron chi connectivity index (χ3n) is 2.17. The van der Waals surface area contributed by atoms with Gasteiger partial charge in [0.05, 0.1) is 0 Å². The highest BCUT2D eigenvalue weighted by atomic mass is 14.9. The van der Waals surface area contributed by atoms with Gasteiger partial charge in [-0.1, -0.05) is 18.2 Å². The lowest BCUT2D eigenvalue weighted by Gasteiger charge is -2.03. The minimum atomic E-state index is 1.16. The summed E-state index contributed by atoms with van der Waals surface area (Å²) >= 11 is 0. The molecule has 0 atom stereocenters. The zero-order valence-electron chi connectivity index (χ0n) is 8.54. The van der Waals surface area contributed by atoms with E-state index in [4.69, 9.17) is 0 Å². The molecule has 0 fully saturated rings. The predicted molar refractivity (Wildman–Crippen MR) is 58.7 cm³/mol. The molecule has 13 heavy (non-hydrogen) atoms. The van der Waals surface area contributed by atoms with E-state index in [9.17, 15) is 0 Å². The van der Waals surface area contributed by atoms with Gasteiger partial charge in [0.25, 0.3) is 0 Å². The number of benzene rings is 1. The summed E-state index contributed by atoms with van der Waals surface area (Å²) in [5.74, 6) is 0. The second-order valence-electron chi connectivity index (χ2n) is 3.19. The lowest BCUT2D eigenvalue weighted by Crippen LogP contribution is -1.96. The summed E-state index contributed by atoms with van der Waals surface area (Å²) in [6.45, 7) is 8.06. The van der Waals surface area contributed by atoms with Gasteiger partial charge in [0, 0.05) is 11.6 Å². The molecule has 0 aliphatic rings. The van der Waals surface area contributed by atoms with E-state index >= 15 is 0 Å². The molecule has 0 heterocycles. The molecule has 0 saturated carbocycles. The van der Waals surface area contributed by atoms with Crippen molar-refractivity contribution >= 4 is 18.0 Å². The van der Waals surface area contributed by atoms with Crippen molar-refractivity contribution in [3.63, 3.8) is 0 Å². The molecule has 1 heteroatoms. The molecule has 0 saturated heterocycles. The zero-order valence-corrected chi connectivity index (χ0v) is 8.54. The van der Waals surface area contributed by atoms with Crippen molar-refractivity contribution in [2.24, 2.45) is 0 Å². The highest BCUT2D eigenvalue weighted by Gasteiger charge is 2.08. The SMILES string of the molecule is C=[N+](C)c1ccccc1C(C)=CC. The van der Waals surface area contributed by atoms with Crippen LogP contribution in [0, 0.1) is 0 Å². The Balaban J connectivity index is 3.28. The lowest BCUT2D eigenvalue weighted by atomic mass is 10.1. The maximum absolute atomic E-state index is 3.89. The van der Waals surface area contributed by atoms with E-state index < -0.39 is 0 Å². The van der Waals surface area contributed by atoms with Gasteiger partial charge in [-0.3, -0.25) is 0 Å². The van der Waals surface area contributed by atoms with Crippen LogP contribution in [0.2, 0.25) is 0 Å². The normalized spacial score (nSPS) is 11.5. The van der Waals surface area contributed by atoms with Gasteiger partial charge in [-0.25, -0.2) is 4.58 Å². The molecule has 0 spiro atoms. The van der Waals surface area contributed by atoms with Crippen molar-refractivity contribution in [3.8, 4) is 0 Å². The minimum Gasteiger partial charge on any atom is -0.208 e. The molecule has 0 N–H and O–H groups in total. The van der Waals surface area contributed by atoms with Crippen LogP contribution in [-0.4, -0.2) is 18.3 Å². The van der Waals surface area contributed by atoms with Gasteiger partial charge in [-0.15, -0.1) is 0 Å². The van der Waals surface area contributed by atoms with Crippen molar-refractivity contribution in [1.29, 1.82) is 0 Å². The maximum Gasteiger partial charge on any atom is 0.211 e. The summed E-state index contributed by atoms with van der Waals surface area (Å²) in [6.07, 6.45) is 2.11. The fraction of sp³-hybridized carbons (Fsp3) is 0.250. The lowest BCUT2D eigenvalue weighted by molar-refractivity contribution is -0.394. The number of allylic oxidation sites excluding steroid dienone is 2. The van der Waals surface area contributed by atoms with Crippen LogP contribution in [0.3, 0.4) is 0 Å². The van der Waals surface area contributed by atoms with E-state index in [1.807, 2.05) is 17.7 Å². The zero-order chi connectivity index (χ0) is 9.84. The Morgan fingerprint density at radius 1 is 1.38 bits per heavy atom. The fourth-order valence-corrected chi connectivity index (χ4v) is 1.30. The summed E-state index contributed by atoms with van der Waals surface area (Å²) in [5, 5.41) is 0. The maximum atomic E-state index is 3.89. The second-order valence-corrected chi connectivity index (χ2v) is 3.19. The molecule has 0 amide bonds. The molecule has 1 nitrogen and oxygen atoms in total. The van der Waals surface area contributed by atoms with Crippen LogP contribution < -0.4 is 0 Å². The number of para-hydroxylation sites is 1. The van der Waals surface area contributed by atoms with Crippen molar-refractivity contribution in [2.75, 3.05) is 7.05 Å². The van der Waals surface area contributed by atoms with Crippen molar-refractivity contribution in [1.82, 2.24) is 0 Å². The van der Waals surface area contributed by atoms with Gasteiger partial charge < -0.3 is 0 Å². The van der Waals surface area contributed by atoms with E-state index in [2.05, 4.69) is 44.8 Å². The molecule has 0 aliphatic heterocycles. The predicted octanol–water partition coefficient (Wildman–Crippen LogP) is 3.08. The second kappa shape index (κ2) is 4.04. The van der Waals surface area contributed by atoms with Gasteiger partial charge in [-0.2, -0.15) is 0 Å². The summed E-state index contributed by atoms with van der Waals surface area (Å²) in [5.41, 5.74) is 3.70. The van der Waals surface area contributed by atoms with Crippen LogP contribution in [0.5, 0.6) is 0 Å². The van der Waals surface area contributed by atoms with Crippen molar-refractivity contribution in [2.45, 2.75) is 13.8 Å². The molecule has 1 aromatic rings. The molecule has 0 radical (unpaired) electrons. The summed E-state index contributed by atoms with van der Waals surface area (Å²) < 4.78 is 1.89. The van der Waals surface area contributed by atoms with E-state index in [-0.39, 0.29) is 0 Å². The van der Waals surface area contributed by atoms with Gasteiger partial charge in [0.15, 0.2) is 0 Å². The first-order valence-electron chi connectivity index (χ1n) is 4.43. The number of rotatable bonds is 2. The molecular formula is C12H16N+. The molecule has 0 unspecified atom stereocenters. The Hall–Kier alpha value is -1.37.